The van der Waals surface area contributed by atoms with Crippen LogP contribution in [0.2, 0.25) is 0 Å². The highest BCUT2D eigenvalue weighted by Gasteiger charge is 2.16. The summed E-state index contributed by atoms with van der Waals surface area (Å²) >= 11 is 0. The molecule has 1 atom stereocenters. The second-order valence-corrected chi connectivity index (χ2v) is 7.06. The lowest BCUT2D eigenvalue weighted by Gasteiger charge is -2.15. The standard InChI is InChI=1S/C22H30N2O2/c1-4-6-7-8-12-18-15-23-21(22(25)26)24-20(18)19-13-10-9-11-17(19)14-16(3)5-2/h9-11,13,15-16H,4-8,12,14H2,1-3H3,(H,25,26)/t16-/m0/s1. The Morgan fingerprint density at radius 3 is 2.58 bits per heavy atom. The van der Waals surface area contributed by atoms with Gasteiger partial charge < -0.3 is 5.11 Å². The number of unbranched alkanes of at least 4 members (excludes halogenated alkanes) is 3. The lowest BCUT2D eigenvalue weighted by Crippen LogP contribution is -2.09. The first-order valence-electron chi connectivity index (χ1n) is 9.74. The molecule has 0 amide bonds. The third-order valence-corrected chi connectivity index (χ3v) is 4.89. The predicted octanol–water partition coefficient (Wildman–Crippen LogP) is 5.55. The molecular formula is C22H30N2O2. The molecule has 0 fully saturated rings. The molecule has 0 unspecified atom stereocenters. The van der Waals surface area contributed by atoms with Crippen molar-refractivity contribution >= 4 is 5.97 Å². The molecule has 0 bridgehead atoms. The van der Waals surface area contributed by atoms with E-state index in [1.807, 2.05) is 12.1 Å². The SMILES string of the molecule is CCCCCCc1cnc(C(=O)O)nc1-c1ccccc1C[C@@H](C)CC. The Labute approximate surface area is 156 Å². The average Bonchev–Trinajstić information content (AvgIpc) is 2.65. The zero-order chi connectivity index (χ0) is 18.9. The number of carbonyl (C=O) groups is 1. The van der Waals surface area contributed by atoms with Crippen LogP contribution in [0.5, 0.6) is 0 Å². The summed E-state index contributed by atoms with van der Waals surface area (Å²) in [5.41, 5.74) is 4.10. The second-order valence-electron chi connectivity index (χ2n) is 7.06. The first-order valence-corrected chi connectivity index (χ1v) is 9.74. The minimum absolute atomic E-state index is 0.129. The van der Waals surface area contributed by atoms with Gasteiger partial charge in [-0.3, -0.25) is 0 Å². The fraction of sp³-hybridized carbons (Fsp3) is 0.500. The van der Waals surface area contributed by atoms with Gasteiger partial charge in [0.25, 0.3) is 0 Å². The summed E-state index contributed by atoms with van der Waals surface area (Å²) < 4.78 is 0. The smallest absolute Gasteiger partial charge is 0.373 e. The number of aromatic carboxylic acids is 1. The van der Waals surface area contributed by atoms with Crippen molar-refractivity contribution in [1.29, 1.82) is 0 Å². The molecule has 1 aromatic heterocycles. The van der Waals surface area contributed by atoms with Crippen LogP contribution in [0, 0.1) is 5.92 Å². The van der Waals surface area contributed by atoms with Crippen molar-refractivity contribution in [3.8, 4) is 11.3 Å². The van der Waals surface area contributed by atoms with Gasteiger partial charge in [-0.1, -0.05) is 70.7 Å². The highest BCUT2D eigenvalue weighted by atomic mass is 16.4. The fourth-order valence-electron chi connectivity index (χ4n) is 3.12. The van der Waals surface area contributed by atoms with E-state index in [1.54, 1.807) is 6.20 Å². The highest BCUT2D eigenvalue weighted by molar-refractivity contribution is 5.84. The van der Waals surface area contributed by atoms with Crippen LogP contribution >= 0.6 is 0 Å². The maximum absolute atomic E-state index is 11.4. The van der Waals surface area contributed by atoms with Crippen LogP contribution in [0.15, 0.2) is 30.5 Å². The van der Waals surface area contributed by atoms with E-state index in [0.29, 0.717) is 5.92 Å². The van der Waals surface area contributed by atoms with Gasteiger partial charge in [-0.2, -0.15) is 0 Å². The van der Waals surface area contributed by atoms with Crippen molar-refractivity contribution in [3.63, 3.8) is 0 Å². The molecule has 0 saturated carbocycles. The van der Waals surface area contributed by atoms with Crippen molar-refractivity contribution in [1.82, 2.24) is 9.97 Å². The van der Waals surface area contributed by atoms with Gasteiger partial charge >= 0.3 is 5.97 Å². The molecule has 0 spiro atoms. The summed E-state index contributed by atoms with van der Waals surface area (Å²) in [4.78, 5) is 19.9. The fourth-order valence-corrected chi connectivity index (χ4v) is 3.12. The van der Waals surface area contributed by atoms with Crippen molar-refractivity contribution in [3.05, 3.63) is 47.4 Å². The van der Waals surface area contributed by atoms with Crippen molar-refractivity contribution in [2.45, 2.75) is 65.7 Å². The molecule has 2 rings (SSSR count). The summed E-state index contributed by atoms with van der Waals surface area (Å²) in [6.45, 7) is 6.63. The molecule has 0 aliphatic heterocycles. The molecule has 140 valence electrons. The Bertz CT molecular complexity index is 728. The van der Waals surface area contributed by atoms with Crippen molar-refractivity contribution in [2.75, 3.05) is 0 Å². The van der Waals surface area contributed by atoms with E-state index >= 15 is 0 Å². The van der Waals surface area contributed by atoms with Crippen LogP contribution in [0.1, 0.15) is 74.6 Å². The number of carboxylic acids is 1. The van der Waals surface area contributed by atoms with Crippen LogP contribution in [-0.4, -0.2) is 21.0 Å². The quantitative estimate of drug-likeness (QED) is 0.568. The third kappa shape index (κ3) is 5.38. The molecule has 0 saturated heterocycles. The summed E-state index contributed by atoms with van der Waals surface area (Å²) in [6.07, 6.45) is 9.32. The maximum atomic E-state index is 11.4. The van der Waals surface area contributed by atoms with Crippen LogP contribution in [0.25, 0.3) is 11.3 Å². The summed E-state index contributed by atoms with van der Waals surface area (Å²) in [6, 6.07) is 8.23. The first kappa shape index (κ1) is 20.1. The Morgan fingerprint density at radius 1 is 1.12 bits per heavy atom. The number of nitrogens with zero attached hydrogens (tertiary/aromatic N) is 2. The molecule has 0 aliphatic rings. The van der Waals surface area contributed by atoms with Gasteiger partial charge in [-0.15, -0.1) is 0 Å². The van der Waals surface area contributed by atoms with Gasteiger partial charge in [0, 0.05) is 11.8 Å². The van der Waals surface area contributed by atoms with E-state index in [4.69, 9.17) is 0 Å². The van der Waals surface area contributed by atoms with E-state index in [1.165, 1.54) is 24.8 Å². The Balaban J connectivity index is 2.41. The average molecular weight is 354 g/mol. The van der Waals surface area contributed by atoms with Crippen molar-refractivity contribution in [2.24, 2.45) is 5.92 Å². The highest BCUT2D eigenvalue weighted by Crippen LogP contribution is 2.28. The van der Waals surface area contributed by atoms with E-state index < -0.39 is 5.97 Å². The largest absolute Gasteiger partial charge is 0.475 e. The monoisotopic (exact) mass is 354 g/mol. The van der Waals surface area contributed by atoms with Gasteiger partial charge in [-0.25, -0.2) is 14.8 Å². The molecule has 1 heterocycles. The Kier molecular flexibility index (Phi) is 7.76. The molecule has 4 nitrogen and oxygen atoms in total. The van der Waals surface area contributed by atoms with Crippen LogP contribution in [0.3, 0.4) is 0 Å². The number of carboxylic acid groups (broad SMARTS) is 1. The number of aryl methyl sites for hydroxylation is 1. The topological polar surface area (TPSA) is 63.1 Å². The predicted molar refractivity (Wildman–Crippen MR) is 105 cm³/mol. The molecular weight excluding hydrogens is 324 g/mol. The molecule has 4 heteroatoms. The second kappa shape index (κ2) is 10.0. The van der Waals surface area contributed by atoms with Crippen LogP contribution in [-0.2, 0) is 12.8 Å². The zero-order valence-electron chi connectivity index (χ0n) is 16.2. The molecule has 2 aromatic rings. The van der Waals surface area contributed by atoms with E-state index in [-0.39, 0.29) is 5.82 Å². The summed E-state index contributed by atoms with van der Waals surface area (Å²) in [5.74, 6) is -0.635. The van der Waals surface area contributed by atoms with E-state index in [2.05, 4.69) is 42.9 Å². The van der Waals surface area contributed by atoms with E-state index in [0.717, 1.165) is 42.5 Å². The van der Waals surface area contributed by atoms with Crippen molar-refractivity contribution < 1.29 is 9.90 Å². The zero-order valence-corrected chi connectivity index (χ0v) is 16.2. The molecule has 26 heavy (non-hydrogen) atoms. The van der Waals surface area contributed by atoms with Gasteiger partial charge in [0.1, 0.15) is 0 Å². The molecule has 0 radical (unpaired) electrons. The molecule has 0 aliphatic carbocycles. The van der Waals surface area contributed by atoms with Crippen LogP contribution in [0.4, 0.5) is 0 Å². The number of rotatable bonds is 10. The first-order chi connectivity index (χ1) is 12.6. The Morgan fingerprint density at radius 2 is 1.88 bits per heavy atom. The van der Waals surface area contributed by atoms with Gasteiger partial charge in [0.15, 0.2) is 0 Å². The molecule has 1 N–H and O–H groups in total. The van der Waals surface area contributed by atoms with Gasteiger partial charge in [0.05, 0.1) is 5.69 Å². The van der Waals surface area contributed by atoms with Gasteiger partial charge in [-0.05, 0) is 36.3 Å². The number of benzene rings is 1. The minimum Gasteiger partial charge on any atom is -0.475 e. The van der Waals surface area contributed by atoms with Crippen LogP contribution < -0.4 is 0 Å². The maximum Gasteiger partial charge on any atom is 0.373 e. The lowest BCUT2D eigenvalue weighted by molar-refractivity contribution is 0.0683. The Hall–Kier alpha value is -2.23. The normalized spacial score (nSPS) is 12.1. The number of hydrogen-bond donors (Lipinski definition) is 1. The lowest BCUT2D eigenvalue weighted by atomic mass is 9.92. The third-order valence-electron chi connectivity index (χ3n) is 4.89. The summed E-state index contributed by atoms with van der Waals surface area (Å²) in [5, 5.41) is 9.32. The minimum atomic E-state index is -1.08. The van der Waals surface area contributed by atoms with Gasteiger partial charge in [0.2, 0.25) is 5.82 Å². The summed E-state index contributed by atoms with van der Waals surface area (Å²) in [7, 11) is 0. The number of aromatic nitrogens is 2. The molecule has 1 aromatic carbocycles. The van der Waals surface area contributed by atoms with E-state index in [9.17, 15) is 9.90 Å². The number of hydrogen-bond acceptors (Lipinski definition) is 3.